The summed E-state index contributed by atoms with van der Waals surface area (Å²) in [5.41, 5.74) is 5.96. The molecule has 1 heterocycles. The highest BCUT2D eigenvalue weighted by Gasteiger charge is 2.37. The number of nitrogens with zero attached hydrogens (tertiary/aromatic N) is 1. The van der Waals surface area contributed by atoms with Crippen LogP contribution in [0, 0.1) is 29.1 Å². The highest BCUT2D eigenvalue weighted by atomic mass is 19.1. The van der Waals surface area contributed by atoms with Gasteiger partial charge < -0.3 is 10.1 Å². The molecule has 0 saturated carbocycles. The molecule has 3 nitrogen and oxygen atoms in total. The highest BCUT2D eigenvalue weighted by Crippen LogP contribution is 2.36. The van der Waals surface area contributed by atoms with Crippen molar-refractivity contribution in [2.24, 2.45) is 22.2 Å². The van der Waals surface area contributed by atoms with Crippen LogP contribution in [-0.4, -0.2) is 31.6 Å². The molecule has 0 aromatic carbocycles. The molecule has 5 atom stereocenters. The van der Waals surface area contributed by atoms with Crippen LogP contribution < -0.4 is 5.32 Å². The van der Waals surface area contributed by atoms with Gasteiger partial charge in [-0.15, -0.1) is 12.3 Å². The van der Waals surface area contributed by atoms with Crippen molar-refractivity contribution in [1.29, 1.82) is 0 Å². The average Bonchev–Trinajstić information content (AvgIpc) is 2.87. The quantitative estimate of drug-likeness (QED) is 0.0976. The molecular weight excluding hydrogens is 471 g/mol. The molecule has 0 aromatic heterocycles. The number of ether oxygens (including phenoxy) is 1. The lowest BCUT2D eigenvalue weighted by molar-refractivity contribution is 0.0390. The van der Waals surface area contributed by atoms with Crippen molar-refractivity contribution in [3.63, 3.8) is 0 Å². The number of alkyl halides is 1. The van der Waals surface area contributed by atoms with Gasteiger partial charge in [-0.2, -0.15) is 0 Å². The number of hydrogen-bond acceptors (Lipinski definition) is 3. The summed E-state index contributed by atoms with van der Waals surface area (Å²) in [6.07, 6.45) is 16.2. The summed E-state index contributed by atoms with van der Waals surface area (Å²) in [6, 6.07) is 0. The van der Waals surface area contributed by atoms with E-state index in [2.05, 4.69) is 54.2 Å². The maximum absolute atomic E-state index is 15.1. The summed E-state index contributed by atoms with van der Waals surface area (Å²) in [7, 11) is 0. The van der Waals surface area contributed by atoms with E-state index in [-0.39, 0.29) is 18.4 Å². The predicted molar refractivity (Wildman–Crippen MR) is 163 cm³/mol. The number of halogens is 1. The first-order valence-corrected chi connectivity index (χ1v) is 13.2. The van der Waals surface area contributed by atoms with Crippen LogP contribution in [0.15, 0.2) is 108 Å². The number of allylic oxidation sites excluding steroid dienone is 7. The Bertz CT molecular complexity index is 1090. The maximum Gasteiger partial charge on any atom is 0.153 e. The molecule has 0 spiro atoms. The summed E-state index contributed by atoms with van der Waals surface area (Å²) in [5.74, 6) is 6.37. The Balaban J connectivity index is 3.08. The normalized spacial score (nSPS) is 20.3. The van der Waals surface area contributed by atoms with Crippen molar-refractivity contribution in [1.82, 2.24) is 5.32 Å². The predicted octanol–water partition coefficient (Wildman–Crippen LogP) is 8.01. The lowest BCUT2D eigenvalue weighted by Crippen LogP contribution is -2.37. The SMILES string of the molecule is C=CC=C=CC(C(=C)C)/C(=C\NCC1=CC(C)C#CC(OC[C@@](/C=C/C)(C(=C)C)C(F)CC)C=N1)CC=C. The largest absolute Gasteiger partial charge is 0.385 e. The molecule has 0 fully saturated rings. The van der Waals surface area contributed by atoms with Crippen LogP contribution in [0.3, 0.4) is 0 Å². The Hall–Kier alpha value is -3.38. The van der Waals surface area contributed by atoms with Gasteiger partial charge in [0.2, 0.25) is 0 Å². The molecule has 4 unspecified atom stereocenters. The Morgan fingerprint density at radius 1 is 1.32 bits per heavy atom. The fourth-order valence-corrected chi connectivity index (χ4v) is 4.16. The average molecular weight is 517 g/mol. The number of rotatable bonds is 16. The summed E-state index contributed by atoms with van der Waals surface area (Å²) in [6.45, 7) is 26.0. The van der Waals surface area contributed by atoms with Gasteiger partial charge in [-0.25, -0.2) is 4.39 Å². The molecule has 1 aliphatic heterocycles. The summed E-state index contributed by atoms with van der Waals surface area (Å²) in [5, 5.41) is 3.39. The molecule has 0 amide bonds. The molecule has 1 aliphatic rings. The summed E-state index contributed by atoms with van der Waals surface area (Å²) in [4.78, 5) is 4.66. The molecule has 0 saturated heterocycles. The number of aliphatic imine (C=N–C) groups is 1. The second kappa shape index (κ2) is 17.2. The van der Waals surface area contributed by atoms with Crippen molar-refractivity contribution in [3.05, 3.63) is 103 Å². The van der Waals surface area contributed by atoms with E-state index in [0.29, 0.717) is 19.4 Å². The minimum absolute atomic E-state index is 0.00637. The van der Waals surface area contributed by atoms with E-state index in [4.69, 9.17) is 4.74 Å². The van der Waals surface area contributed by atoms with E-state index in [1.54, 1.807) is 18.4 Å². The lowest BCUT2D eigenvalue weighted by Gasteiger charge is -2.34. The zero-order chi connectivity index (χ0) is 28.6. The van der Waals surface area contributed by atoms with Crippen LogP contribution in [-0.2, 0) is 4.74 Å². The van der Waals surface area contributed by atoms with E-state index in [1.165, 1.54) is 0 Å². The van der Waals surface area contributed by atoms with Crippen LogP contribution in [0.2, 0.25) is 0 Å². The van der Waals surface area contributed by atoms with Crippen molar-refractivity contribution >= 4 is 6.21 Å². The Labute approximate surface area is 230 Å². The van der Waals surface area contributed by atoms with Gasteiger partial charge in [-0.3, -0.25) is 4.99 Å². The van der Waals surface area contributed by atoms with Crippen LogP contribution in [0.4, 0.5) is 4.39 Å². The van der Waals surface area contributed by atoms with Crippen LogP contribution in [0.25, 0.3) is 0 Å². The Morgan fingerprint density at radius 3 is 2.63 bits per heavy atom. The molecule has 38 heavy (non-hydrogen) atoms. The molecule has 4 heteroatoms. The molecule has 0 aromatic rings. The molecular formula is C34H45FN2O. The van der Waals surface area contributed by atoms with Crippen molar-refractivity contribution in [3.8, 4) is 11.8 Å². The maximum atomic E-state index is 15.1. The third kappa shape index (κ3) is 10.2. The van der Waals surface area contributed by atoms with Crippen molar-refractivity contribution < 1.29 is 9.13 Å². The first kappa shape index (κ1) is 32.6. The van der Waals surface area contributed by atoms with Gasteiger partial charge >= 0.3 is 0 Å². The van der Waals surface area contributed by atoms with Crippen molar-refractivity contribution in [2.75, 3.05) is 13.2 Å². The number of nitrogens with one attached hydrogen (secondary N) is 1. The minimum atomic E-state index is -1.10. The van der Waals surface area contributed by atoms with Crippen LogP contribution in [0.1, 0.15) is 47.5 Å². The van der Waals surface area contributed by atoms with E-state index >= 15 is 4.39 Å². The second-order valence-electron chi connectivity index (χ2n) is 9.59. The molecule has 1 N–H and O–H groups in total. The zero-order valence-electron chi connectivity index (χ0n) is 23.9. The van der Waals surface area contributed by atoms with Gasteiger partial charge in [0.1, 0.15) is 6.17 Å². The molecule has 0 bridgehead atoms. The lowest BCUT2D eigenvalue weighted by atomic mass is 9.76. The minimum Gasteiger partial charge on any atom is -0.385 e. The molecule has 0 aliphatic carbocycles. The van der Waals surface area contributed by atoms with Gasteiger partial charge in [0.25, 0.3) is 0 Å². The van der Waals surface area contributed by atoms with E-state index in [1.807, 2.05) is 71.2 Å². The fraction of sp³-hybridized carbons (Fsp3) is 0.412. The van der Waals surface area contributed by atoms with Gasteiger partial charge in [-0.1, -0.05) is 74.0 Å². The monoisotopic (exact) mass is 516 g/mol. The van der Waals surface area contributed by atoms with Gasteiger partial charge in [0.15, 0.2) is 6.10 Å². The third-order valence-electron chi connectivity index (χ3n) is 6.31. The van der Waals surface area contributed by atoms with E-state index in [0.717, 1.165) is 22.4 Å². The second-order valence-corrected chi connectivity index (χ2v) is 9.59. The number of hydrogen-bond donors (Lipinski definition) is 1. The smallest absolute Gasteiger partial charge is 0.153 e. The summed E-state index contributed by atoms with van der Waals surface area (Å²) >= 11 is 0. The topological polar surface area (TPSA) is 33.6 Å². The van der Waals surface area contributed by atoms with Crippen LogP contribution >= 0.6 is 0 Å². The summed E-state index contributed by atoms with van der Waals surface area (Å²) < 4.78 is 21.2. The Kier molecular flexibility index (Phi) is 14.8. The standard InChI is InChI=1S/C34H45FN2O/c1-10-14-15-17-32(26(5)6)29(16-11-2)22-36-23-30-21-28(9)18-19-31(24-37-30)38-25-34(20-12-3,27(7)8)33(35)13-4/h10-12,14,17,20-22,24,28,31-33,36H,1-2,5,7,13,16,23,25H2,3-4,6,8-9H3/b20-12+,29-22-,30-21?,37-24?/t15?,28?,31?,32?,33?,34-/m0/s1. The first-order valence-electron chi connectivity index (χ1n) is 13.2. The van der Waals surface area contributed by atoms with Gasteiger partial charge in [0, 0.05) is 18.1 Å². The third-order valence-corrected chi connectivity index (χ3v) is 6.31. The molecule has 1 rings (SSSR count). The van der Waals surface area contributed by atoms with Crippen LogP contribution in [0.5, 0.6) is 0 Å². The van der Waals surface area contributed by atoms with Gasteiger partial charge in [-0.05, 0) is 70.5 Å². The van der Waals surface area contributed by atoms with Crippen molar-refractivity contribution in [2.45, 2.75) is 59.7 Å². The molecule has 204 valence electrons. The molecule has 0 radical (unpaired) electrons. The van der Waals surface area contributed by atoms with E-state index in [9.17, 15) is 0 Å². The van der Waals surface area contributed by atoms with Gasteiger partial charge in [0.05, 0.1) is 24.3 Å². The zero-order valence-corrected chi connectivity index (χ0v) is 23.9. The highest BCUT2D eigenvalue weighted by molar-refractivity contribution is 5.69. The fourth-order valence-electron chi connectivity index (χ4n) is 4.16. The first-order chi connectivity index (χ1) is 18.1. The van der Waals surface area contributed by atoms with E-state index < -0.39 is 17.7 Å². The Morgan fingerprint density at radius 2 is 2.05 bits per heavy atom.